The van der Waals surface area contributed by atoms with Crippen LogP contribution < -0.4 is 5.32 Å². The van der Waals surface area contributed by atoms with E-state index in [0.29, 0.717) is 24.8 Å². The van der Waals surface area contributed by atoms with E-state index in [1.165, 1.54) is 16.4 Å². The van der Waals surface area contributed by atoms with E-state index in [9.17, 15) is 26.7 Å². The number of fused-ring (bicyclic) bond motifs is 2. The molecule has 3 aliphatic heterocycles. The Hall–Kier alpha value is -1.85. The number of anilines is 1. The zero-order valence-electron chi connectivity index (χ0n) is 18.3. The summed E-state index contributed by atoms with van der Waals surface area (Å²) in [6.45, 7) is 2.19. The maximum Gasteiger partial charge on any atom is 0.245 e. The van der Waals surface area contributed by atoms with Gasteiger partial charge in [0.2, 0.25) is 10.0 Å². The minimum absolute atomic E-state index is 0.00376. The number of halogens is 4. The summed E-state index contributed by atoms with van der Waals surface area (Å²) in [5, 5.41) is 13.2. The third kappa shape index (κ3) is 3.80. The van der Waals surface area contributed by atoms with E-state index < -0.39 is 39.1 Å². The summed E-state index contributed by atoms with van der Waals surface area (Å²) in [6, 6.07) is 5.61. The van der Waals surface area contributed by atoms with Crippen molar-refractivity contribution in [1.29, 1.82) is 0 Å². The number of hydrogen-bond donors (Lipinski definition) is 2. The van der Waals surface area contributed by atoms with Gasteiger partial charge in [0.15, 0.2) is 17.5 Å². The number of ether oxygens (including phenoxy) is 1. The molecule has 0 aromatic heterocycles. The van der Waals surface area contributed by atoms with Gasteiger partial charge in [0.05, 0.1) is 24.3 Å². The van der Waals surface area contributed by atoms with E-state index in [2.05, 4.69) is 5.32 Å². The highest BCUT2D eigenvalue weighted by Gasteiger charge is 2.51. The smallest absolute Gasteiger partial charge is 0.245 e. The quantitative estimate of drug-likeness (QED) is 0.587. The lowest BCUT2D eigenvalue weighted by molar-refractivity contribution is -0.0448. The highest BCUT2D eigenvalue weighted by molar-refractivity contribution is 7.89. The second-order valence-corrected chi connectivity index (χ2v) is 11.7. The first kappa shape index (κ1) is 23.9. The fourth-order valence-electron chi connectivity index (χ4n) is 5.45. The standard InChI is InChI=1S/C23H24ClF3N2O4S/c1-12-4-15-8-16(30)9-20(12)29(15)34(31,32)21-5-13(2-3-17(21)24)23(10-33-11-23)28-14-6-18(25)22(27)19(26)7-14/h2-3,5-7,12,15-16,20,28,30H,4,8-11H2,1H3/t12-,15?,16-,20+/m1/s1. The molecule has 6 nitrogen and oxygen atoms in total. The summed E-state index contributed by atoms with van der Waals surface area (Å²) in [6.07, 6.45) is 0.872. The highest BCUT2D eigenvalue weighted by atomic mass is 35.5. The Kier molecular flexibility index (Phi) is 5.88. The molecule has 0 radical (unpaired) electrons. The fraction of sp³-hybridized carbons (Fsp3) is 0.478. The van der Waals surface area contributed by atoms with Crippen LogP contribution in [0.4, 0.5) is 18.9 Å². The van der Waals surface area contributed by atoms with Crippen molar-refractivity contribution in [2.75, 3.05) is 18.5 Å². The van der Waals surface area contributed by atoms with Gasteiger partial charge in [0.1, 0.15) is 10.4 Å². The first-order chi connectivity index (χ1) is 16.0. The molecule has 3 heterocycles. The molecule has 2 bridgehead atoms. The lowest BCUT2D eigenvalue weighted by Crippen LogP contribution is -2.53. The molecule has 184 valence electrons. The summed E-state index contributed by atoms with van der Waals surface area (Å²) in [5.74, 6) is -4.14. The number of aliphatic hydroxyl groups is 1. The highest BCUT2D eigenvalue weighted by Crippen LogP contribution is 2.45. The molecule has 0 amide bonds. The van der Waals surface area contributed by atoms with Gasteiger partial charge in [-0.2, -0.15) is 4.31 Å². The molecule has 2 aromatic rings. The van der Waals surface area contributed by atoms with Crippen molar-refractivity contribution in [3.8, 4) is 0 Å². The van der Waals surface area contributed by atoms with Crippen molar-refractivity contribution in [2.24, 2.45) is 5.92 Å². The minimum Gasteiger partial charge on any atom is -0.393 e. The molecule has 3 fully saturated rings. The SMILES string of the molecule is C[C@@H]1CC2C[C@@H](O)C[C@@H]1N2S(=O)(=O)c1cc(C2(Nc3cc(F)c(F)c(F)c3)COC2)ccc1Cl. The summed E-state index contributed by atoms with van der Waals surface area (Å²) in [7, 11) is -3.99. The molecule has 0 spiro atoms. The van der Waals surface area contributed by atoms with Crippen molar-refractivity contribution >= 4 is 27.3 Å². The molecule has 2 N–H and O–H groups in total. The molecule has 1 unspecified atom stereocenters. The van der Waals surface area contributed by atoms with Gasteiger partial charge in [0.25, 0.3) is 0 Å². The van der Waals surface area contributed by atoms with Gasteiger partial charge in [-0.1, -0.05) is 24.6 Å². The Bertz CT molecular complexity index is 1220. The maximum absolute atomic E-state index is 13.8. The zero-order chi connectivity index (χ0) is 24.4. The topological polar surface area (TPSA) is 78.9 Å². The largest absolute Gasteiger partial charge is 0.393 e. The summed E-state index contributed by atoms with van der Waals surface area (Å²) in [4.78, 5) is -0.0725. The number of nitrogens with one attached hydrogen (secondary N) is 1. The van der Waals surface area contributed by atoms with E-state index in [1.807, 2.05) is 6.92 Å². The van der Waals surface area contributed by atoms with Gasteiger partial charge < -0.3 is 15.2 Å². The number of nitrogens with zero attached hydrogens (tertiary/aromatic N) is 1. The van der Waals surface area contributed by atoms with Crippen LogP contribution in [0.5, 0.6) is 0 Å². The Labute approximate surface area is 200 Å². The monoisotopic (exact) mass is 516 g/mol. The van der Waals surface area contributed by atoms with Gasteiger partial charge in [-0.3, -0.25) is 0 Å². The van der Waals surface area contributed by atoms with Crippen LogP contribution in [0.3, 0.4) is 0 Å². The molecule has 3 saturated heterocycles. The van der Waals surface area contributed by atoms with Gasteiger partial charge >= 0.3 is 0 Å². The molecule has 0 aliphatic carbocycles. The molecular weight excluding hydrogens is 493 g/mol. The van der Waals surface area contributed by atoms with E-state index in [4.69, 9.17) is 16.3 Å². The van der Waals surface area contributed by atoms with Crippen LogP contribution in [-0.2, 0) is 20.3 Å². The molecule has 4 atom stereocenters. The second kappa shape index (κ2) is 8.37. The van der Waals surface area contributed by atoms with Gasteiger partial charge in [-0.15, -0.1) is 0 Å². The average molecular weight is 517 g/mol. The molecule has 3 aliphatic rings. The molecule has 34 heavy (non-hydrogen) atoms. The first-order valence-corrected chi connectivity index (χ1v) is 12.9. The normalized spacial score (nSPS) is 28.5. The third-order valence-electron chi connectivity index (χ3n) is 7.15. The molecular formula is C23H24ClF3N2O4S. The van der Waals surface area contributed by atoms with E-state index in [-0.39, 0.29) is 46.8 Å². The zero-order valence-corrected chi connectivity index (χ0v) is 19.8. The van der Waals surface area contributed by atoms with Crippen molar-refractivity contribution in [3.63, 3.8) is 0 Å². The van der Waals surface area contributed by atoms with Gasteiger partial charge in [-0.05, 0) is 42.9 Å². The number of rotatable bonds is 5. The maximum atomic E-state index is 13.8. The minimum atomic E-state index is -3.99. The number of piperidine rings is 1. The molecule has 2 aromatic carbocycles. The van der Waals surface area contributed by atoms with Crippen LogP contribution in [0.2, 0.25) is 5.02 Å². The van der Waals surface area contributed by atoms with Crippen LogP contribution in [0, 0.1) is 23.4 Å². The third-order valence-corrected chi connectivity index (χ3v) is 9.61. The van der Waals surface area contributed by atoms with Crippen molar-refractivity contribution in [2.45, 2.75) is 54.8 Å². The van der Waals surface area contributed by atoms with E-state index in [0.717, 1.165) is 12.1 Å². The number of sulfonamides is 1. The summed E-state index contributed by atoms with van der Waals surface area (Å²) in [5.41, 5.74) is -0.476. The number of hydrogen-bond acceptors (Lipinski definition) is 5. The Balaban J connectivity index is 1.51. The van der Waals surface area contributed by atoms with Gasteiger partial charge in [0, 0.05) is 29.9 Å². The van der Waals surface area contributed by atoms with Crippen LogP contribution in [0.1, 0.15) is 31.7 Å². The van der Waals surface area contributed by atoms with Crippen molar-refractivity contribution in [3.05, 3.63) is 58.4 Å². The number of benzene rings is 2. The van der Waals surface area contributed by atoms with Crippen LogP contribution in [0.25, 0.3) is 0 Å². The Morgan fingerprint density at radius 3 is 2.38 bits per heavy atom. The van der Waals surface area contributed by atoms with E-state index in [1.54, 1.807) is 6.07 Å². The fourth-order valence-corrected chi connectivity index (χ4v) is 7.89. The molecule has 11 heteroatoms. The lowest BCUT2D eigenvalue weighted by atomic mass is 9.87. The lowest BCUT2D eigenvalue weighted by Gasteiger charge is -2.43. The van der Waals surface area contributed by atoms with Crippen LogP contribution in [0.15, 0.2) is 35.2 Å². The first-order valence-electron chi connectivity index (χ1n) is 11.0. The second-order valence-electron chi connectivity index (χ2n) is 9.49. The molecule has 5 rings (SSSR count). The van der Waals surface area contributed by atoms with Crippen LogP contribution >= 0.6 is 11.6 Å². The molecule has 0 saturated carbocycles. The van der Waals surface area contributed by atoms with Crippen molar-refractivity contribution in [1.82, 2.24) is 4.31 Å². The van der Waals surface area contributed by atoms with Gasteiger partial charge in [-0.25, -0.2) is 21.6 Å². The van der Waals surface area contributed by atoms with Crippen LogP contribution in [-0.4, -0.2) is 49.2 Å². The average Bonchev–Trinajstić information content (AvgIpc) is 2.96. The predicted octanol–water partition coefficient (Wildman–Crippen LogP) is 4.02. The predicted molar refractivity (Wildman–Crippen MR) is 120 cm³/mol. The Morgan fingerprint density at radius 2 is 1.79 bits per heavy atom. The van der Waals surface area contributed by atoms with E-state index >= 15 is 0 Å². The Morgan fingerprint density at radius 1 is 1.12 bits per heavy atom. The number of aliphatic hydroxyl groups excluding tert-OH is 1. The summed E-state index contributed by atoms with van der Waals surface area (Å²) >= 11 is 6.36. The summed E-state index contributed by atoms with van der Waals surface area (Å²) < 4.78 is 75.2. The van der Waals surface area contributed by atoms with Crippen molar-refractivity contribution < 1.29 is 31.4 Å².